The van der Waals surface area contributed by atoms with Gasteiger partial charge in [-0.3, -0.25) is 4.79 Å². The molecule has 5 aromatic rings. The third-order valence-electron chi connectivity index (χ3n) is 5.75. The number of aromatic carboxylic acids is 1. The summed E-state index contributed by atoms with van der Waals surface area (Å²) in [5.41, 5.74) is 0.548. The first-order valence-corrected chi connectivity index (χ1v) is 11.5. The lowest BCUT2D eigenvalue weighted by Gasteiger charge is -2.14. The number of halogens is 3. The van der Waals surface area contributed by atoms with Crippen LogP contribution in [0.1, 0.15) is 31.8 Å². The van der Waals surface area contributed by atoms with Crippen LogP contribution < -0.4 is 0 Å². The first-order valence-electron chi connectivity index (χ1n) is 10.6. The molecule has 0 atom stereocenters. The molecule has 0 amide bonds. The van der Waals surface area contributed by atoms with Gasteiger partial charge in [0.1, 0.15) is 10.7 Å². The molecule has 0 bridgehead atoms. The SMILES string of the molecule is Cc1cccc(C(F)(F)F)c1C(=O)n1nc(-c2ccc(C(=O)O)cc2)c2ccc(-c3nccs3)cc21. The largest absolute Gasteiger partial charge is 0.478 e. The van der Waals surface area contributed by atoms with Crippen LogP contribution in [0.3, 0.4) is 0 Å². The number of alkyl halides is 3. The first-order chi connectivity index (χ1) is 17.1. The number of rotatable bonds is 4. The van der Waals surface area contributed by atoms with Crippen LogP contribution in [0.4, 0.5) is 13.2 Å². The summed E-state index contributed by atoms with van der Waals surface area (Å²) in [5.74, 6) is -2.02. The number of benzene rings is 3. The molecule has 5 rings (SSSR count). The van der Waals surface area contributed by atoms with Crippen LogP contribution in [0.5, 0.6) is 0 Å². The molecule has 10 heteroatoms. The number of carbonyl (C=O) groups excluding carboxylic acids is 1. The highest BCUT2D eigenvalue weighted by molar-refractivity contribution is 7.13. The van der Waals surface area contributed by atoms with Crippen molar-refractivity contribution in [2.24, 2.45) is 0 Å². The van der Waals surface area contributed by atoms with E-state index >= 15 is 0 Å². The molecule has 0 saturated heterocycles. The predicted octanol–water partition coefficient (Wildman–Crippen LogP) is 6.54. The van der Waals surface area contributed by atoms with Crippen molar-refractivity contribution in [3.05, 3.63) is 94.5 Å². The number of thiazole rings is 1. The Bertz CT molecular complexity index is 1620. The second-order valence-corrected chi connectivity index (χ2v) is 8.91. The Labute approximate surface area is 206 Å². The Hall–Kier alpha value is -4.31. The maximum atomic E-state index is 13.8. The van der Waals surface area contributed by atoms with Gasteiger partial charge in [-0.05, 0) is 42.8 Å². The quantitative estimate of drug-likeness (QED) is 0.299. The van der Waals surface area contributed by atoms with Crippen LogP contribution in [-0.2, 0) is 6.18 Å². The number of nitrogens with zero attached hydrogens (tertiary/aromatic N) is 3. The lowest BCUT2D eigenvalue weighted by atomic mass is 10.0. The number of aromatic nitrogens is 3. The second-order valence-electron chi connectivity index (χ2n) is 8.01. The van der Waals surface area contributed by atoms with Crippen molar-refractivity contribution in [3.8, 4) is 21.8 Å². The van der Waals surface area contributed by atoms with E-state index in [-0.39, 0.29) is 11.1 Å². The average molecular weight is 507 g/mol. The van der Waals surface area contributed by atoms with Crippen molar-refractivity contribution < 1.29 is 27.9 Å². The summed E-state index contributed by atoms with van der Waals surface area (Å²) in [5, 5.41) is 16.6. The summed E-state index contributed by atoms with van der Waals surface area (Å²) in [6, 6.07) is 14.7. The number of carboxylic acids is 1. The van der Waals surface area contributed by atoms with E-state index in [0.29, 0.717) is 32.7 Å². The van der Waals surface area contributed by atoms with E-state index < -0.39 is 29.2 Å². The van der Waals surface area contributed by atoms with Crippen molar-refractivity contribution in [2.75, 3.05) is 0 Å². The molecule has 0 aliphatic heterocycles. The first kappa shape index (κ1) is 23.4. The van der Waals surface area contributed by atoms with E-state index in [1.807, 2.05) is 0 Å². The summed E-state index contributed by atoms with van der Waals surface area (Å²) in [6.07, 6.45) is -3.10. The molecule has 0 unspecified atom stereocenters. The highest BCUT2D eigenvalue weighted by Gasteiger charge is 2.37. The number of hydrogen-bond donors (Lipinski definition) is 1. The maximum Gasteiger partial charge on any atom is 0.417 e. The molecule has 0 aliphatic carbocycles. The van der Waals surface area contributed by atoms with Crippen LogP contribution in [0, 0.1) is 6.92 Å². The highest BCUT2D eigenvalue weighted by Crippen LogP contribution is 2.36. The normalized spacial score (nSPS) is 11.7. The van der Waals surface area contributed by atoms with E-state index in [1.54, 1.807) is 41.9 Å². The number of fused-ring (bicyclic) bond motifs is 1. The number of carbonyl (C=O) groups is 2. The van der Waals surface area contributed by atoms with E-state index in [0.717, 1.165) is 10.7 Å². The fourth-order valence-electron chi connectivity index (χ4n) is 4.05. The Morgan fingerprint density at radius 3 is 2.36 bits per heavy atom. The zero-order chi connectivity index (χ0) is 25.6. The van der Waals surface area contributed by atoms with E-state index in [9.17, 15) is 27.9 Å². The lowest BCUT2D eigenvalue weighted by Crippen LogP contribution is -2.21. The summed E-state index contributed by atoms with van der Waals surface area (Å²) < 4.78 is 42.4. The molecule has 2 heterocycles. The molecule has 0 radical (unpaired) electrons. The van der Waals surface area contributed by atoms with Crippen LogP contribution in [-0.4, -0.2) is 31.7 Å². The molecule has 0 aliphatic rings. The van der Waals surface area contributed by atoms with Gasteiger partial charge >= 0.3 is 12.1 Å². The van der Waals surface area contributed by atoms with Crippen LogP contribution in [0.2, 0.25) is 0 Å². The zero-order valence-electron chi connectivity index (χ0n) is 18.6. The Morgan fingerprint density at radius 1 is 1.00 bits per heavy atom. The summed E-state index contributed by atoms with van der Waals surface area (Å²) in [7, 11) is 0. The van der Waals surface area contributed by atoms with E-state index in [4.69, 9.17) is 0 Å². The van der Waals surface area contributed by atoms with Gasteiger partial charge in [0.05, 0.1) is 22.2 Å². The topological polar surface area (TPSA) is 85.1 Å². The van der Waals surface area contributed by atoms with Gasteiger partial charge in [-0.15, -0.1) is 11.3 Å². The number of aryl methyl sites for hydroxylation is 1. The fourth-order valence-corrected chi connectivity index (χ4v) is 4.68. The third-order valence-corrected chi connectivity index (χ3v) is 6.57. The van der Waals surface area contributed by atoms with Gasteiger partial charge in [-0.2, -0.15) is 23.0 Å². The highest BCUT2D eigenvalue weighted by atomic mass is 32.1. The second kappa shape index (κ2) is 8.72. The standard InChI is InChI=1S/C26H16F3N3O3S/c1-14-3-2-4-19(26(27,28)29)21(14)24(33)32-20-13-17(23-30-11-12-36-23)9-10-18(20)22(31-32)15-5-7-16(8-6-15)25(34)35/h2-13H,1H3,(H,34,35). The van der Waals surface area contributed by atoms with Gasteiger partial charge < -0.3 is 5.11 Å². The predicted molar refractivity (Wildman–Crippen MR) is 129 cm³/mol. The Kier molecular flexibility index (Phi) is 5.68. The van der Waals surface area contributed by atoms with Crippen molar-refractivity contribution in [1.29, 1.82) is 0 Å². The Balaban J connectivity index is 1.75. The molecule has 0 saturated carbocycles. The molecule has 6 nitrogen and oxygen atoms in total. The molecule has 3 aromatic carbocycles. The van der Waals surface area contributed by atoms with Gasteiger partial charge in [-0.1, -0.05) is 30.3 Å². The minimum Gasteiger partial charge on any atom is -0.478 e. The van der Waals surface area contributed by atoms with Gasteiger partial charge in [0.15, 0.2) is 0 Å². The molecule has 0 fully saturated rings. The minimum absolute atomic E-state index is 0.0688. The average Bonchev–Trinajstić information content (AvgIpc) is 3.51. The molecule has 2 aromatic heterocycles. The lowest BCUT2D eigenvalue weighted by molar-refractivity contribution is -0.138. The van der Waals surface area contributed by atoms with Gasteiger partial charge in [0.2, 0.25) is 0 Å². The molecular weight excluding hydrogens is 491 g/mol. The van der Waals surface area contributed by atoms with Crippen molar-refractivity contribution >= 4 is 34.1 Å². The van der Waals surface area contributed by atoms with E-state index in [1.165, 1.54) is 42.5 Å². The van der Waals surface area contributed by atoms with Gasteiger partial charge in [0.25, 0.3) is 5.91 Å². The van der Waals surface area contributed by atoms with Crippen molar-refractivity contribution in [1.82, 2.24) is 14.8 Å². The number of carboxylic acid groups (broad SMARTS) is 1. The third kappa shape index (κ3) is 4.05. The van der Waals surface area contributed by atoms with Crippen molar-refractivity contribution in [2.45, 2.75) is 13.1 Å². The monoisotopic (exact) mass is 507 g/mol. The minimum atomic E-state index is -4.73. The summed E-state index contributed by atoms with van der Waals surface area (Å²) in [6.45, 7) is 1.45. The maximum absolute atomic E-state index is 13.8. The number of hydrogen-bond acceptors (Lipinski definition) is 5. The van der Waals surface area contributed by atoms with Crippen molar-refractivity contribution in [3.63, 3.8) is 0 Å². The summed E-state index contributed by atoms with van der Waals surface area (Å²) in [4.78, 5) is 29.2. The smallest absolute Gasteiger partial charge is 0.417 e. The molecule has 1 N–H and O–H groups in total. The fraction of sp³-hybridized carbons (Fsp3) is 0.0769. The van der Waals surface area contributed by atoms with E-state index in [2.05, 4.69) is 10.1 Å². The Morgan fingerprint density at radius 2 is 1.72 bits per heavy atom. The molecule has 0 spiro atoms. The summed E-state index contributed by atoms with van der Waals surface area (Å²) >= 11 is 1.38. The van der Waals surface area contributed by atoms with Crippen LogP contribution in [0.15, 0.2) is 72.2 Å². The van der Waals surface area contributed by atoms with Gasteiger partial charge in [0, 0.05) is 28.1 Å². The zero-order valence-corrected chi connectivity index (χ0v) is 19.4. The molecular formula is C26H16F3N3O3S. The molecule has 180 valence electrons. The van der Waals surface area contributed by atoms with Crippen LogP contribution >= 0.6 is 11.3 Å². The molecule has 36 heavy (non-hydrogen) atoms. The van der Waals surface area contributed by atoms with Crippen LogP contribution in [0.25, 0.3) is 32.7 Å². The van der Waals surface area contributed by atoms with Gasteiger partial charge in [-0.25, -0.2) is 9.78 Å².